The minimum Gasteiger partial charge on any atom is -0.477 e. The van der Waals surface area contributed by atoms with Crippen LogP contribution in [0.2, 0.25) is 0 Å². The van der Waals surface area contributed by atoms with Gasteiger partial charge in [0.1, 0.15) is 16.2 Å². The molecule has 0 radical (unpaired) electrons. The van der Waals surface area contributed by atoms with Crippen molar-refractivity contribution in [3.8, 4) is 17.3 Å². The number of nitrogens with zero attached hydrogens (tertiary/aromatic N) is 6. The first-order chi connectivity index (χ1) is 22.3. The molecule has 2 N–H and O–H groups in total. The smallest absolute Gasteiger partial charge is 0.294 e. The summed E-state index contributed by atoms with van der Waals surface area (Å²) in [7, 11) is -6.21. The van der Waals surface area contributed by atoms with Crippen molar-refractivity contribution in [1.82, 2.24) is 33.9 Å². The minimum atomic E-state index is -4.02. The Balaban J connectivity index is 0.000000385. The van der Waals surface area contributed by atoms with Crippen LogP contribution in [-0.4, -0.2) is 108 Å². The van der Waals surface area contributed by atoms with Crippen molar-refractivity contribution in [2.24, 2.45) is 0 Å². The highest BCUT2D eigenvalue weighted by Crippen LogP contribution is 2.30. The number of sulfonamides is 1. The molecule has 1 fully saturated rings. The summed E-state index contributed by atoms with van der Waals surface area (Å²) in [5.74, 6) is 0.372. The Morgan fingerprint density at radius 1 is 0.979 bits per heavy atom. The van der Waals surface area contributed by atoms with Gasteiger partial charge in [-0.05, 0) is 45.0 Å². The van der Waals surface area contributed by atoms with E-state index in [1.807, 2.05) is 13.8 Å². The second-order valence-corrected chi connectivity index (χ2v) is 14.1. The van der Waals surface area contributed by atoms with Gasteiger partial charge >= 0.3 is 0 Å². The molecule has 1 aromatic carbocycles. The van der Waals surface area contributed by atoms with Crippen molar-refractivity contribution in [1.29, 1.82) is 0 Å². The maximum atomic E-state index is 13.4. The molecule has 3 aromatic heterocycles. The first-order valence-electron chi connectivity index (χ1n) is 15.2. The van der Waals surface area contributed by atoms with Gasteiger partial charge in [0.15, 0.2) is 5.52 Å². The monoisotopic (exact) mass is 691 g/mol. The van der Waals surface area contributed by atoms with Gasteiger partial charge in [0.25, 0.3) is 15.7 Å². The quantitative estimate of drug-likeness (QED) is 0.219. The van der Waals surface area contributed by atoms with Gasteiger partial charge < -0.3 is 19.4 Å². The molecule has 0 bridgehead atoms. The number of fused-ring (bicyclic) bond motifs is 1. The Hall–Kier alpha value is -3.74. The molecule has 1 aliphatic heterocycles. The number of aromatic amines is 1. The molecule has 0 amide bonds. The molecule has 0 unspecified atom stereocenters. The van der Waals surface area contributed by atoms with E-state index in [9.17, 15) is 21.6 Å². The molecule has 0 spiro atoms. The van der Waals surface area contributed by atoms with Crippen LogP contribution in [0.15, 0.2) is 51.1 Å². The Labute approximate surface area is 274 Å². The normalized spacial score (nSPS) is 14.6. The third-order valence-electron chi connectivity index (χ3n) is 7.64. The summed E-state index contributed by atoms with van der Waals surface area (Å²) in [5.41, 5.74) is 2.30. The predicted octanol–water partition coefficient (Wildman–Crippen LogP) is 2.36. The van der Waals surface area contributed by atoms with Gasteiger partial charge in [0.2, 0.25) is 15.9 Å². The molecular formula is C30H41N7O8S2. The summed E-state index contributed by atoms with van der Waals surface area (Å²) < 4.78 is 70.4. The number of likely N-dealkylation sites (N-methyl/N-ethyl adjacent to an activating group) is 1. The van der Waals surface area contributed by atoms with Crippen LogP contribution in [0.3, 0.4) is 0 Å². The molecule has 0 saturated carbocycles. The first kappa shape index (κ1) is 36.1. The Bertz CT molecular complexity index is 1950. The van der Waals surface area contributed by atoms with Crippen LogP contribution >= 0.6 is 0 Å². The van der Waals surface area contributed by atoms with Crippen LogP contribution in [-0.2, 0) is 37.8 Å². The lowest BCUT2D eigenvalue weighted by molar-refractivity contribution is 0.183. The second-order valence-electron chi connectivity index (χ2n) is 10.7. The number of hydrogen-bond acceptors (Lipinski definition) is 11. The van der Waals surface area contributed by atoms with Gasteiger partial charge in [-0.3, -0.25) is 14.0 Å². The number of benzene rings is 1. The number of ether oxygens (including phenoxy) is 2. The van der Waals surface area contributed by atoms with Crippen LogP contribution in [0, 0.1) is 6.92 Å². The molecule has 15 nitrogen and oxygen atoms in total. The second kappa shape index (κ2) is 15.4. The lowest BCUT2D eigenvalue weighted by Crippen LogP contribution is -2.48. The highest BCUT2D eigenvalue weighted by molar-refractivity contribution is 7.89. The van der Waals surface area contributed by atoms with E-state index in [0.717, 1.165) is 17.8 Å². The standard InChI is InChI=1S/C23H33N7O5S.C7H8O3S/c1-5-18-19-20(27-30(18)12-13-34-4)22(31)26-21(25-19)17-14-16(15-24-23(17)35-7-3)36(32,33)29-10-8-28(6-2)9-11-29;1-6-2-4-7(5-3-6)11(8,9)10/h14-15H,5-13H2,1-4H3,(H,25,26,31);2-5H,1H3,(H,8,9,10). The summed E-state index contributed by atoms with van der Waals surface area (Å²) in [5, 5.41) is 4.42. The van der Waals surface area contributed by atoms with E-state index in [0.29, 0.717) is 63.4 Å². The van der Waals surface area contributed by atoms with Crippen molar-refractivity contribution in [2.45, 2.75) is 50.5 Å². The molecular weight excluding hydrogens is 651 g/mol. The summed E-state index contributed by atoms with van der Waals surface area (Å²) in [4.78, 5) is 26.9. The number of methoxy groups -OCH3 is 1. The molecule has 0 atom stereocenters. The zero-order chi connectivity index (χ0) is 34.4. The van der Waals surface area contributed by atoms with Crippen molar-refractivity contribution in [3.63, 3.8) is 0 Å². The Kier molecular flexibility index (Phi) is 11.9. The van der Waals surface area contributed by atoms with Gasteiger partial charge in [0.05, 0.1) is 42.1 Å². The largest absolute Gasteiger partial charge is 0.477 e. The minimum absolute atomic E-state index is 0.0279. The van der Waals surface area contributed by atoms with Gasteiger partial charge in [0, 0.05) is 33.3 Å². The summed E-state index contributed by atoms with van der Waals surface area (Å²) >= 11 is 0. The van der Waals surface area contributed by atoms with Crippen LogP contribution in [0.4, 0.5) is 0 Å². The van der Waals surface area contributed by atoms with E-state index in [4.69, 9.17) is 19.0 Å². The number of hydrogen-bond donors (Lipinski definition) is 2. The fraction of sp³-hybridized carbons (Fsp3) is 0.467. The highest BCUT2D eigenvalue weighted by Gasteiger charge is 2.30. The molecule has 1 aliphatic rings. The van der Waals surface area contributed by atoms with Crippen molar-refractivity contribution >= 4 is 31.2 Å². The first-order valence-corrected chi connectivity index (χ1v) is 18.1. The average molecular weight is 692 g/mol. The Morgan fingerprint density at radius 2 is 1.66 bits per heavy atom. The van der Waals surface area contributed by atoms with Gasteiger partial charge in [-0.1, -0.05) is 31.5 Å². The van der Waals surface area contributed by atoms with Crippen molar-refractivity contribution in [2.75, 3.05) is 53.0 Å². The van der Waals surface area contributed by atoms with E-state index in [1.54, 1.807) is 30.8 Å². The average Bonchev–Trinajstić information content (AvgIpc) is 3.42. The number of aromatic nitrogens is 5. The molecule has 4 heterocycles. The van der Waals surface area contributed by atoms with E-state index < -0.39 is 25.7 Å². The number of pyridine rings is 1. The van der Waals surface area contributed by atoms with Crippen LogP contribution in [0.1, 0.15) is 32.0 Å². The number of piperazine rings is 1. The van der Waals surface area contributed by atoms with E-state index >= 15 is 0 Å². The fourth-order valence-electron chi connectivity index (χ4n) is 5.05. The maximum Gasteiger partial charge on any atom is 0.294 e. The zero-order valence-corrected chi connectivity index (χ0v) is 28.8. The van der Waals surface area contributed by atoms with Gasteiger partial charge in [-0.15, -0.1) is 0 Å². The van der Waals surface area contributed by atoms with E-state index in [-0.39, 0.29) is 27.0 Å². The number of nitrogens with one attached hydrogen (secondary N) is 1. The molecule has 4 aromatic rings. The maximum absolute atomic E-state index is 13.4. The lowest BCUT2D eigenvalue weighted by atomic mass is 10.2. The lowest BCUT2D eigenvalue weighted by Gasteiger charge is -2.33. The van der Waals surface area contributed by atoms with Crippen LogP contribution in [0.5, 0.6) is 5.88 Å². The van der Waals surface area contributed by atoms with E-state index in [2.05, 4.69) is 26.9 Å². The number of aryl methyl sites for hydroxylation is 2. The molecule has 256 valence electrons. The number of rotatable bonds is 11. The Morgan fingerprint density at radius 3 is 2.23 bits per heavy atom. The highest BCUT2D eigenvalue weighted by atomic mass is 32.2. The third-order valence-corrected chi connectivity index (χ3v) is 10.4. The molecule has 0 aliphatic carbocycles. The summed E-state index contributed by atoms with van der Waals surface area (Å²) in [6, 6.07) is 7.46. The van der Waals surface area contributed by atoms with Crippen LogP contribution in [0.25, 0.3) is 22.4 Å². The van der Waals surface area contributed by atoms with Gasteiger partial charge in [-0.2, -0.15) is 17.8 Å². The summed E-state index contributed by atoms with van der Waals surface area (Å²) in [6.45, 7) is 11.9. The molecule has 5 rings (SSSR count). The zero-order valence-electron chi connectivity index (χ0n) is 27.1. The topological polar surface area (TPSA) is 190 Å². The number of H-pyrrole nitrogens is 1. The van der Waals surface area contributed by atoms with Gasteiger partial charge in [-0.25, -0.2) is 18.4 Å². The summed E-state index contributed by atoms with van der Waals surface area (Å²) in [6.07, 6.45) is 1.90. The van der Waals surface area contributed by atoms with E-state index in [1.165, 1.54) is 28.7 Å². The predicted molar refractivity (Wildman–Crippen MR) is 176 cm³/mol. The van der Waals surface area contributed by atoms with Crippen molar-refractivity contribution in [3.05, 3.63) is 58.1 Å². The SMILES string of the molecule is CCOc1ncc(S(=O)(=O)N2CCN(CC)CC2)cc1-c1nc2c(CC)n(CCOC)nc2c(=O)[nH]1.Cc1ccc(S(=O)(=O)O)cc1. The molecule has 47 heavy (non-hydrogen) atoms. The molecule has 1 saturated heterocycles. The molecule has 17 heteroatoms. The van der Waals surface area contributed by atoms with Crippen molar-refractivity contribution < 1.29 is 30.9 Å². The fourth-order valence-corrected chi connectivity index (χ4v) is 6.92. The van der Waals surface area contributed by atoms with Crippen LogP contribution < -0.4 is 10.3 Å². The third kappa shape index (κ3) is 8.41.